The molecule has 1 atom stereocenters. The summed E-state index contributed by atoms with van der Waals surface area (Å²) in [6.07, 6.45) is 1.14. The lowest BCUT2D eigenvalue weighted by Crippen LogP contribution is -2.30. The van der Waals surface area contributed by atoms with Crippen molar-refractivity contribution < 1.29 is 19.1 Å². The van der Waals surface area contributed by atoms with Crippen molar-refractivity contribution in [3.05, 3.63) is 48.0 Å². The van der Waals surface area contributed by atoms with Crippen LogP contribution in [0.25, 0.3) is 0 Å². The van der Waals surface area contributed by atoms with Crippen LogP contribution in [0.3, 0.4) is 0 Å². The number of Topliss-reactive ketones (excluding diaryl/α,β-unsaturated/α-hetero) is 1. The molecule has 106 valence electrons. The molecule has 0 fully saturated rings. The summed E-state index contributed by atoms with van der Waals surface area (Å²) >= 11 is 0. The predicted octanol–water partition coefficient (Wildman–Crippen LogP) is 1.80. The van der Waals surface area contributed by atoms with Crippen molar-refractivity contribution in [3.8, 4) is 0 Å². The molecule has 1 unspecified atom stereocenters. The van der Waals surface area contributed by atoms with Crippen molar-refractivity contribution in [2.45, 2.75) is 19.9 Å². The zero-order valence-electron chi connectivity index (χ0n) is 11.5. The van der Waals surface area contributed by atoms with E-state index in [4.69, 9.17) is 4.74 Å². The van der Waals surface area contributed by atoms with Gasteiger partial charge in [0.2, 0.25) is 5.91 Å². The number of esters is 1. The minimum atomic E-state index is -0.481. The molecule has 0 bridgehead atoms. The third kappa shape index (κ3) is 4.68. The van der Waals surface area contributed by atoms with Gasteiger partial charge in [0.05, 0.1) is 6.04 Å². The number of ether oxygens (including phenoxy) is 1. The smallest absolute Gasteiger partial charge is 0.302 e. The first-order chi connectivity index (χ1) is 9.43. The Kier molecular flexibility index (Phi) is 5.65. The van der Waals surface area contributed by atoms with E-state index < -0.39 is 12.0 Å². The Hall–Kier alpha value is -2.43. The van der Waals surface area contributed by atoms with Crippen LogP contribution in [0, 0.1) is 0 Å². The first-order valence-electron chi connectivity index (χ1n) is 6.11. The van der Waals surface area contributed by atoms with E-state index >= 15 is 0 Å². The van der Waals surface area contributed by atoms with Gasteiger partial charge in [-0.3, -0.25) is 14.4 Å². The monoisotopic (exact) mass is 275 g/mol. The van der Waals surface area contributed by atoms with Crippen LogP contribution in [-0.2, 0) is 14.3 Å². The fraction of sp³-hybridized carbons (Fsp3) is 0.267. The van der Waals surface area contributed by atoms with Crippen LogP contribution in [0.4, 0.5) is 0 Å². The highest BCUT2D eigenvalue weighted by Crippen LogP contribution is 2.15. The lowest BCUT2D eigenvalue weighted by atomic mass is 10.0. The Morgan fingerprint density at radius 2 is 1.85 bits per heavy atom. The molecule has 5 heteroatoms. The Morgan fingerprint density at radius 1 is 1.25 bits per heavy atom. The highest BCUT2D eigenvalue weighted by atomic mass is 16.5. The maximum absolute atomic E-state index is 11.4. The Balaban J connectivity index is 2.90. The first-order valence-corrected chi connectivity index (χ1v) is 6.11. The molecule has 1 amide bonds. The number of nitrogens with one attached hydrogen (secondary N) is 1. The van der Waals surface area contributed by atoms with Gasteiger partial charge in [0.25, 0.3) is 0 Å². The topological polar surface area (TPSA) is 72.5 Å². The molecular weight excluding hydrogens is 258 g/mol. The molecule has 0 heterocycles. The van der Waals surface area contributed by atoms with Crippen LogP contribution in [0.15, 0.2) is 36.9 Å². The predicted molar refractivity (Wildman–Crippen MR) is 74.2 cm³/mol. The molecule has 0 aliphatic carbocycles. The number of carbonyl (C=O) groups excluding carboxylic acids is 3. The molecule has 1 aromatic rings. The number of amides is 1. The highest BCUT2D eigenvalue weighted by Gasteiger charge is 2.15. The Bertz CT molecular complexity index is 519. The molecule has 1 N–H and O–H groups in total. The molecule has 0 saturated heterocycles. The van der Waals surface area contributed by atoms with Gasteiger partial charge < -0.3 is 10.1 Å². The second kappa shape index (κ2) is 7.23. The van der Waals surface area contributed by atoms with Gasteiger partial charge in [0.15, 0.2) is 5.78 Å². The second-order valence-electron chi connectivity index (χ2n) is 4.25. The second-order valence-corrected chi connectivity index (χ2v) is 4.25. The zero-order chi connectivity index (χ0) is 15.1. The number of carbonyl (C=O) groups is 3. The maximum atomic E-state index is 11.4. The average molecular weight is 275 g/mol. The maximum Gasteiger partial charge on any atom is 0.302 e. The van der Waals surface area contributed by atoms with Crippen molar-refractivity contribution in [2.75, 3.05) is 6.61 Å². The molecular formula is C15H17NO4. The lowest BCUT2D eigenvalue weighted by Gasteiger charge is -2.18. The molecule has 5 nitrogen and oxygen atoms in total. The number of ketones is 1. The van der Waals surface area contributed by atoms with E-state index in [2.05, 4.69) is 11.9 Å². The van der Waals surface area contributed by atoms with E-state index in [1.165, 1.54) is 13.8 Å². The van der Waals surface area contributed by atoms with E-state index in [1.807, 2.05) is 0 Å². The van der Waals surface area contributed by atoms with Crippen molar-refractivity contribution in [3.63, 3.8) is 0 Å². The van der Waals surface area contributed by atoms with Gasteiger partial charge in [0, 0.05) is 12.5 Å². The molecule has 0 radical (unpaired) electrons. The minimum Gasteiger partial charge on any atom is -0.463 e. The van der Waals surface area contributed by atoms with Gasteiger partial charge in [-0.2, -0.15) is 0 Å². The van der Waals surface area contributed by atoms with E-state index in [0.29, 0.717) is 5.56 Å². The highest BCUT2D eigenvalue weighted by molar-refractivity contribution is 5.94. The quantitative estimate of drug-likeness (QED) is 0.488. The summed E-state index contributed by atoms with van der Waals surface area (Å²) in [5.74, 6) is -0.829. The molecule has 0 aliphatic rings. The third-order valence-corrected chi connectivity index (χ3v) is 2.67. The molecule has 0 aliphatic heterocycles. The fourth-order valence-corrected chi connectivity index (χ4v) is 1.60. The van der Waals surface area contributed by atoms with E-state index in [9.17, 15) is 14.4 Å². The van der Waals surface area contributed by atoms with Gasteiger partial charge in [-0.1, -0.05) is 30.8 Å². The normalized spacial score (nSPS) is 11.3. The van der Waals surface area contributed by atoms with Crippen LogP contribution < -0.4 is 5.32 Å². The fourth-order valence-electron chi connectivity index (χ4n) is 1.60. The van der Waals surface area contributed by atoms with Crippen molar-refractivity contribution >= 4 is 17.7 Å². The summed E-state index contributed by atoms with van der Waals surface area (Å²) in [5, 5.41) is 2.67. The Labute approximate surface area is 117 Å². The molecule has 0 spiro atoms. The van der Waals surface area contributed by atoms with Gasteiger partial charge in [-0.05, 0) is 18.6 Å². The summed E-state index contributed by atoms with van der Waals surface area (Å²) in [7, 11) is 0. The standard InChI is InChI=1S/C15H17NO4/c1-4-15(19)16-14(9-20-11(3)18)13-7-5-12(6-8-13)10(2)17/h4-8,14H,1,9H2,2-3H3,(H,16,19). The van der Waals surface area contributed by atoms with Gasteiger partial charge >= 0.3 is 5.97 Å². The van der Waals surface area contributed by atoms with E-state index in [0.717, 1.165) is 11.6 Å². The summed E-state index contributed by atoms with van der Waals surface area (Å²) in [5.41, 5.74) is 1.32. The van der Waals surface area contributed by atoms with Crippen LogP contribution in [0.2, 0.25) is 0 Å². The van der Waals surface area contributed by atoms with Crippen molar-refractivity contribution in [1.29, 1.82) is 0 Å². The third-order valence-electron chi connectivity index (χ3n) is 2.67. The molecule has 1 rings (SSSR count). The molecule has 20 heavy (non-hydrogen) atoms. The number of benzene rings is 1. The number of hydrogen-bond donors (Lipinski definition) is 1. The molecule has 0 aromatic heterocycles. The summed E-state index contributed by atoms with van der Waals surface area (Å²) in [6, 6.07) is 6.28. The van der Waals surface area contributed by atoms with E-state index in [1.54, 1.807) is 24.3 Å². The van der Waals surface area contributed by atoms with Gasteiger partial charge in [-0.15, -0.1) is 0 Å². The van der Waals surface area contributed by atoms with Crippen molar-refractivity contribution in [1.82, 2.24) is 5.32 Å². The van der Waals surface area contributed by atoms with Gasteiger partial charge in [-0.25, -0.2) is 0 Å². The number of rotatable bonds is 6. The summed E-state index contributed by atoms with van der Waals surface area (Å²) in [4.78, 5) is 33.5. The van der Waals surface area contributed by atoms with Crippen LogP contribution in [-0.4, -0.2) is 24.3 Å². The van der Waals surface area contributed by atoms with E-state index in [-0.39, 0.29) is 18.3 Å². The minimum absolute atomic E-state index is 0.0222. The summed E-state index contributed by atoms with van der Waals surface area (Å²) < 4.78 is 4.93. The van der Waals surface area contributed by atoms with Crippen LogP contribution in [0.1, 0.15) is 35.8 Å². The first kappa shape index (κ1) is 15.6. The lowest BCUT2D eigenvalue weighted by molar-refractivity contribution is -0.142. The Morgan fingerprint density at radius 3 is 2.30 bits per heavy atom. The SMILES string of the molecule is C=CC(=O)NC(COC(C)=O)c1ccc(C(C)=O)cc1. The number of hydrogen-bond acceptors (Lipinski definition) is 4. The summed E-state index contributed by atoms with van der Waals surface area (Å²) in [6.45, 7) is 6.17. The largest absolute Gasteiger partial charge is 0.463 e. The van der Waals surface area contributed by atoms with Crippen LogP contribution >= 0.6 is 0 Å². The van der Waals surface area contributed by atoms with Crippen molar-refractivity contribution in [2.24, 2.45) is 0 Å². The van der Waals surface area contributed by atoms with Gasteiger partial charge in [0.1, 0.15) is 6.61 Å². The molecule has 0 saturated carbocycles. The molecule has 1 aromatic carbocycles. The average Bonchev–Trinajstić information content (AvgIpc) is 2.43. The zero-order valence-corrected chi connectivity index (χ0v) is 11.5. The van der Waals surface area contributed by atoms with Crippen LogP contribution in [0.5, 0.6) is 0 Å².